The molecule has 3 unspecified atom stereocenters. The SMILES string of the molecule is CC(O)C1C(=O)N2C(C(=O)OCc3ccccc3)=C(I)CC12. The van der Waals surface area contributed by atoms with E-state index in [9.17, 15) is 14.7 Å². The van der Waals surface area contributed by atoms with Crippen LogP contribution in [0.15, 0.2) is 39.6 Å². The third kappa shape index (κ3) is 2.54. The lowest BCUT2D eigenvalue weighted by Crippen LogP contribution is -2.61. The average Bonchev–Trinajstić information content (AvgIpc) is 2.78. The number of esters is 1. The van der Waals surface area contributed by atoms with Gasteiger partial charge in [0.15, 0.2) is 0 Å². The molecule has 0 bridgehead atoms. The Morgan fingerprint density at radius 3 is 2.77 bits per heavy atom. The van der Waals surface area contributed by atoms with Crippen molar-refractivity contribution in [2.75, 3.05) is 0 Å². The minimum atomic E-state index is -0.697. The van der Waals surface area contributed by atoms with Crippen molar-refractivity contribution in [3.63, 3.8) is 0 Å². The molecule has 0 spiro atoms. The number of hydrogen-bond donors (Lipinski definition) is 1. The van der Waals surface area contributed by atoms with Gasteiger partial charge in [0, 0.05) is 10.0 Å². The first kappa shape index (κ1) is 15.5. The molecule has 2 aliphatic rings. The summed E-state index contributed by atoms with van der Waals surface area (Å²) in [6.45, 7) is 1.79. The summed E-state index contributed by atoms with van der Waals surface area (Å²) in [7, 11) is 0. The molecule has 1 fully saturated rings. The number of amides is 1. The monoisotopic (exact) mass is 413 g/mol. The second-order valence-corrected chi connectivity index (χ2v) is 6.86. The van der Waals surface area contributed by atoms with Crippen LogP contribution >= 0.6 is 22.6 Å². The van der Waals surface area contributed by atoms with Gasteiger partial charge in [0.1, 0.15) is 12.3 Å². The fraction of sp³-hybridized carbons (Fsp3) is 0.375. The van der Waals surface area contributed by atoms with Crippen molar-refractivity contribution in [3.8, 4) is 0 Å². The van der Waals surface area contributed by atoms with Crippen LogP contribution in [0.2, 0.25) is 0 Å². The van der Waals surface area contributed by atoms with E-state index in [1.165, 1.54) is 4.90 Å². The molecule has 0 aliphatic carbocycles. The summed E-state index contributed by atoms with van der Waals surface area (Å²) in [5.41, 5.74) is 1.24. The highest BCUT2D eigenvalue weighted by Gasteiger charge is 2.56. The first-order valence-electron chi connectivity index (χ1n) is 7.11. The van der Waals surface area contributed by atoms with Crippen LogP contribution in [0.1, 0.15) is 18.9 Å². The zero-order valence-corrected chi connectivity index (χ0v) is 14.2. The highest BCUT2D eigenvalue weighted by molar-refractivity contribution is 14.1. The molecule has 22 heavy (non-hydrogen) atoms. The number of β-lactam (4-membered cyclic amide) rings is 1. The number of carbonyl (C=O) groups is 2. The number of rotatable bonds is 4. The molecule has 3 atom stereocenters. The molecule has 5 nitrogen and oxygen atoms in total. The molecular weight excluding hydrogens is 397 g/mol. The average molecular weight is 413 g/mol. The van der Waals surface area contributed by atoms with Gasteiger partial charge in [-0.1, -0.05) is 30.3 Å². The molecule has 1 aromatic carbocycles. The summed E-state index contributed by atoms with van der Waals surface area (Å²) in [5.74, 6) is -1.09. The van der Waals surface area contributed by atoms with Gasteiger partial charge >= 0.3 is 5.97 Å². The van der Waals surface area contributed by atoms with E-state index >= 15 is 0 Å². The summed E-state index contributed by atoms with van der Waals surface area (Å²) < 4.78 is 6.14. The van der Waals surface area contributed by atoms with Crippen LogP contribution in [0.5, 0.6) is 0 Å². The number of fused-ring (bicyclic) bond motifs is 1. The molecule has 1 saturated heterocycles. The largest absolute Gasteiger partial charge is 0.456 e. The van der Waals surface area contributed by atoms with E-state index < -0.39 is 18.0 Å². The normalized spacial score (nSPS) is 24.9. The van der Waals surface area contributed by atoms with Crippen molar-refractivity contribution >= 4 is 34.5 Å². The van der Waals surface area contributed by atoms with E-state index in [0.717, 1.165) is 9.14 Å². The molecule has 0 radical (unpaired) electrons. The minimum absolute atomic E-state index is 0.112. The lowest BCUT2D eigenvalue weighted by Gasteiger charge is -2.44. The van der Waals surface area contributed by atoms with Crippen LogP contribution < -0.4 is 0 Å². The zero-order valence-electron chi connectivity index (χ0n) is 12.0. The molecule has 3 rings (SSSR count). The van der Waals surface area contributed by atoms with E-state index in [4.69, 9.17) is 4.74 Å². The van der Waals surface area contributed by atoms with E-state index in [1.807, 2.05) is 30.3 Å². The summed E-state index contributed by atoms with van der Waals surface area (Å²) in [5, 5.41) is 9.67. The predicted molar refractivity (Wildman–Crippen MR) is 87.7 cm³/mol. The Morgan fingerprint density at radius 1 is 1.45 bits per heavy atom. The maximum absolute atomic E-state index is 12.3. The smallest absolute Gasteiger partial charge is 0.356 e. The Morgan fingerprint density at radius 2 is 2.14 bits per heavy atom. The number of benzene rings is 1. The van der Waals surface area contributed by atoms with Gasteiger partial charge in [-0.05, 0) is 35.1 Å². The molecule has 2 aliphatic heterocycles. The van der Waals surface area contributed by atoms with Crippen molar-refractivity contribution < 1.29 is 19.4 Å². The van der Waals surface area contributed by atoms with Gasteiger partial charge in [-0.2, -0.15) is 0 Å². The van der Waals surface area contributed by atoms with Gasteiger partial charge in [0.2, 0.25) is 5.91 Å². The van der Waals surface area contributed by atoms with Gasteiger partial charge in [-0.15, -0.1) is 0 Å². The minimum Gasteiger partial charge on any atom is -0.456 e. The van der Waals surface area contributed by atoms with Gasteiger partial charge in [-0.25, -0.2) is 4.79 Å². The fourth-order valence-corrected chi connectivity index (χ4v) is 3.93. The van der Waals surface area contributed by atoms with Crippen LogP contribution in [0, 0.1) is 5.92 Å². The van der Waals surface area contributed by atoms with Gasteiger partial charge in [0.05, 0.1) is 18.1 Å². The summed E-state index contributed by atoms with van der Waals surface area (Å²) >= 11 is 2.08. The molecule has 6 heteroatoms. The third-order valence-electron chi connectivity index (χ3n) is 4.08. The highest BCUT2D eigenvalue weighted by atomic mass is 127. The molecule has 1 N–H and O–H groups in total. The lowest BCUT2D eigenvalue weighted by molar-refractivity contribution is -0.162. The van der Waals surface area contributed by atoms with E-state index in [2.05, 4.69) is 22.6 Å². The number of ether oxygens (including phenoxy) is 1. The standard InChI is InChI=1S/C16H16INO4/c1-9(19)13-12-7-11(17)14(18(12)15(13)20)16(21)22-8-10-5-3-2-4-6-10/h2-6,9,12-13,19H,7-8H2,1H3. The first-order valence-corrected chi connectivity index (χ1v) is 8.19. The molecular formula is C16H16INO4. The summed E-state index contributed by atoms with van der Waals surface area (Å²) in [6, 6.07) is 9.30. The number of hydrogen-bond acceptors (Lipinski definition) is 4. The maximum Gasteiger partial charge on any atom is 0.356 e. The molecule has 0 aromatic heterocycles. The molecule has 2 heterocycles. The molecule has 116 valence electrons. The highest BCUT2D eigenvalue weighted by Crippen LogP contribution is 2.45. The van der Waals surface area contributed by atoms with Crippen LogP contribution in [0.25, 0.3) is 0 Å². The molecule has 1 aromatic rings. The number of aliphatic hydroxyl groups is 1. The summed E-state index contributed by atoms with van der Waals surface area (Å²) in [4.78, 5) is 25.9. The van der Waals surface area contributed by atoms with Gasteiger partial charge in [-0.3, -0.25) is 4.79 Å². The van der Waals surface area contributed by atoms with Crippen molar-refractivity contribution in [1.29, 1.82) is 0 Å². The first-order chi connectivity index (χ1) is 10.5. The Bertz CT molecular complexity index is 641. The Labute approximate surface area is 142 Å². The topological polar surface area (TPSA) is 66.8 Å². The van der Waals surface area contributed by atoms with Crippen molar-refractivity contribution in [1.82, 2.24) is 4.90 Å². The Kier molecular flexibility index (Phi) is 4.22. The zero-order chi connectivity index (χ0) is 15.9. The van der Waals surface area contributed by atoms with Gasteiger partial charge in [0.25, 0.3) is 0 Å². The quantitative estimate of drug-likeness (QED) is 0.466. The van der Waals surface area contributed by atoms with E-state index in [1.54, 1.807) is 6.92 Å². The number of carbonyl (C=O) groups excluding carboxylic acids is 2. The summed E-state index contributed by atoms with van der Waals surface area (Å²) in [6.07, 6.45) is -0.0879. The Hall–Kier alpha value is -1.41. The van der Waals surface area contributed by atoms with E-state index in [0.29, 0.717) is 12.1 Å². The van der Waals surface area contributed by atoms with Crippen molar-refractivity contribution in [3.05, 3.63) is 45.2 Å². The number of halogens is 1. The second kappa shape index (κ2) is 6.00. The Balaban J connectivity index is 1.68. The second-order valence-electron chi connectivity index (χ2n) is 5.56. The molecule has 0 saturated carbocycles. The number of nitrogens with zero attached hydrogens (tertiary/aromatic N) is 1. The fourth-order valence-electron chi connectivity index (χ4n) is 3.00. The maximum atomic E-state index is 12.3. The van der Waals surface area contributed by atoms with Crippen molar-refractivity contribution in [2.24, 2.45) is 5.92 Å². The lowest BCUT2D eigenvalue weighted by atomic mass is 9.83. The van der Waals surface area contributed by atoms with Crippen molar-refractivity contribution in [2.45, 2.75) is 32.1 Å². The van der Waals surface area contributed by atoms with Crippen LogP contribution in [-0.2, 0) is 20.9 Å². The third-order valence-corrected chi connectivity index (χ3v) is 5.03. The van der Waals surface area contributed by atoms with Gasteiger partial charge < -0.3 is 14.7 Å². The van der Waals surface area contributed by atoms with E-state index in [-0.39, 0.29) is 18.6 Å². The van der Waals surface area contributed by atoms with Crippen LogP contribution in [-0.4, -0.2) is 34.0 Å². The van der Waals surface area contributed by atoms with Crippen LogP contribution in [0.4, 0.5) is 0 Å². The number of aliphatic hydroxyl groups excluding tert-OH is 1. The van der Waals surface area contributed by atoms with Crippen LogP contribution in [0.3, 0.4) is 0 Å². The molecule has 1 amide bonds. The predicted octanol–water partition coefficient (Wildman–Crippen LogP) is 1.99.